The number of aromatic nitrogens is 1. The van der Waals surface area contributed by atoms with Crippen molar-refractivity contribution >= 4 is 16.7 Å². The van der Waals surface area contributed by atoms with Gasteiger partial charge < -0.3 is 20.1 Å². The van der Waals surface area contributed by atoms with Gasteiger partial charge in [-0.1, -0.05) is 12.1 Å². The molecule has 0 bridgehead atoms. The fourth-order valence-corrected chi connectivity index (χ4v) is 4.21. The number of carbonyl (C=O) groups excluding carboxylic acids is 1. The average Bonchev–Trinajstić information content (AvgIpc) is 2.83. The first-order valence-corrected chi connectivity index (χ1v) is 11.4. The SMILES string of the molecule is CCOc1ccc(-c2cc(C(=O)NCCCN3CCC(O)CC3)c3cnccc3c2)cc1. The van der Waals surface area contributed by atoms with Crippen LogP contribution >= 0.6 is 0 Å². The zero-order chi connectivity index (χ0) is 22.3. The number of likely N-dealkylation sites (tertiary alicyclic amines) is 1. The summed E-state index contributed by atoms with van der Waals surface area (Å²) in [6.07, 6.45) is 5.91. The Morgan fingerprint density at radius 1 is 1.16 bits per heavy atom. The first kappa shape index (κ1) is 22.2. The molecule has 0 atom stereocenters. The maximum absolute atomic E-state index is 13.1. The molecule has 168 valence electrons. The number of ether oxygens (including phenoxy) is 1. The van der Waals surface area contributed by atoms with Crippen LogP contribution in [0.5, 0.6) is 5.75 Å². The van der Waals surface area contributed by atoms with Gasteiger partial charge in [0.25, 0.3) is 5.91 Å². The molecule has 0 aliphatic carbocycles. The summed E-state index contributed by atoms with van der Waals surface area (Å²) in [4.78, 5) is 19.7. The largest absolute Gasteiger partial charge is 0.494 e. The molecule has 6 nitrogen and oxygen atoms in total. The standard InChI is InChI=1S/C26H31N3O3/c1-2-32-23-6-4-19(5-7-23)21-16-20-8-12-27-18-25(20)24(17-21)26(31)28-11-3-13-29-14-9-22(30)10-15-29/h4-8,12,16-18,22,30H,2-3,9-11,13-15H2,1H3,(H,28,31). The van der Waals surface area contributed by atoms with Crippen LogP contribution in [0.3, 0.4) is 0 Å². The van der Waals surface area contributed by atoms with Crippen molar-refractivity contribution in [2.45, 2.75) is 32.3 Å². The van der Waals surface area contributed by atoms with Crippen molar-refractivity contribution in [3.05, 3.63) is 60.4 Å². The molecule has 0 saturated carbocycles. The summed E-state index contributed by atoms with van der Waals surface area (Å²) in [5.41, 5.74) is 2.66. The van der Waals surface area contributed by atoms with Gasteiger partial charge in [0.15, 0.2) is 0 Å². The number of amides is 1. The molecule has 4 rings (SSSR count). The molecular formula is C26H31N3O3. The van der Waals surface area contributed by atoms with Crippen molar-refractivity contribution in [2.24, 2.45) is 0 Å². The van der Waals surface area contributed by atoms with Crippen molar-refractivity contribution in [1.29, 1.82) is 0 Å². The number of carbonyl (C=O) groups is 1. The van der Waals surface area contributed by atoms with E-state index in [4.69, 9.17) is 4.74 Å². The first-order chi connectivity index (χ1) is 15.6. The van der Waals surface area contributed by atoms with Crippen LogP contribution in [-0.2, 0) is 0 Å². The van der Waals surface area contributed by atoms with E-state index in [1.807, 2.05) is 43.3 Å². The van der Waals surface area contributed by atoms with Crippen LogP contribution in [0, 0.1) is 0 Å². The van der Waals surface area contributed by atoms with E-state index in [9.17, 15) is 9.90 Å². The van der Waals surface area contributed by atoms with Crippen LogP contribution in [0.4, 0.5) is 0 Å². The molecule has 1 aromatic heterocycles. The second-order valence-electron chi connectivity index (χ2n) is 8.26. The van der Waals surface area contributed by atoms with Gasteiger partial charge in [0.2, 0.25) is 0 Å². The second kappa shape index (κ2) is 10.6. The number of hydrogen-bond acceptors (Lipinski definition) is 5. The summed E-state index contributed by atoms with van der Waals surface area (Å²) >= 11 is 0. The summed E-state index contributed by atoms with van der Waals surface area (Å²) in [7, 11) is 0. The van der Waals surface area contributed by atoms with Gasteiger partial charge in [-0.2, -0.15) is 0 Å². The highest BCUT2D eigenvalue weighted by Crippen LogP contribution is 2.29. The number of rotatable bonds is 8. The fraction of sp³-hybridized carbons (Fsp3) is 0.385. The Morgan fingerprint density at radius 3 is 2.69 bits per heavy atom. The smallest absolute Gasteiger partial charge is 0.251 e. The molecule has 6 heteroatoms. The van der Waals surface area contributed by atoms with E-state index in [2.05, 4.69) is 21.3 Å². The maximum Gasteiger partial charge on any atom is 0.251 e. The Bertz CT molecular complexity index is 1040. The molecule has 0 unspecified atom stereocenters. The number of aliphatic hydroxyl groups excluding tert-OH is 1. The van der Waals surface area contributed by atoms with E-state index in [1.54, 1.807) is 12.4 Å². The highest BCUT2D eigenvalue weighted by atomic mass is 16.5. The lowest BCUT2D eigenvalue weighted by Gasteiger charge is -2.29. The van der Waals surface area contributed by atoms with Crippen molar-refractivity contribution in [3.8, 4) is 16.9 Å². The summed E-state index contributed by atoms with van der Waals surface area (Å²) in [6.45, 7) is 6.00. The lowest BCUT2D eigenvalue weighted by atomic mass is 9.97. The van der Waals surface area contributed by atoms with Gasteiger partial charge in [-0.05, 0) is 79.6 Å². The van der Waals surface area contributed by atoms with E-state index in [0.717, 1.165) is 66.5 Å². The lowest BCUT2D eigenvalue weighted by molar-refractivity contribution is 0.0816. The van der Waals surface area contributed by atoms with E-state index >= 15 is 0 Å². The summed E-state index contributed by atoms with van der Waals surface area (Å²) in [6, 6.07) is 13.9. The van der Waals surface area contributed by atoms with Crippen molar-refractivity contribution in [1.82, 2.24) is 15.2 Å². The number of fused-ring (bicyclic) bond motifs is 1. The topological polar surface area (TPSA) is 74.7 Å². The van der Waals surface area contributed by atoms with Crippen LogP contribution in [0.25, 0.3) is 21.9 Å². The van der Waals surface area contributed by atoms with Crippen molar-refractivity contribution in [3.63, 3.8) is 0 Å². The number of aliphatic hydroxyl groups is 1. The molecule has 1 fully saturated rings. The number of nitrogens with one attached hydrogen (secondary N) is 1. The summed E-state index contributed by atoms with van der Waals surface area (Å²) in [5, 5.41) is 14.6. The van der Waals surface area contributed by atoms with Crippen molar-refractivity contribution < 1.29 is 14.6 Å². The van der Waals surface area contributed by atoms with Gasteiger partial charge in [0, 0.05) is 43.0 Å². The fourth-order valence-electron chi connectivity index (χ4n) is 4.21. The molecule has 32 heavy (non-hydrogen) atoms. The number of nitrogens with zero attached hydrogens (tertiary/aromatic N) is 2. The van der Waals surface area contributed by atoms with Crippen molar-refractivity contribution in [2.75, 3.05) is 32.8 Å². The van der Waals surface area contributed by atoms with E-state index in [0.29, 0.717) is 18.7 Å². The normalized spacial score (nSPS) is 15.1. The molecule has 0 radical (unpaired) electrons. The zero-order valence-electron chi connectivity index (χ0n) is 18.6. The zero-order valence-corrected chi connectivity index (χ0v) is 18.6. The molecule has 2 aromatic carbocycles. The molecule has 1 amide bonds. The third-order valence-electron chi connectivity index (χ3n) is 5.99. The van der Waals surface area contributed by atoms with E-state index in [-0.39, 0.29) is 12.0 Å². The molecule has 1 aliphatic rings. The first-order valence-electron chi connectivity index (χ1n) is 11.4. The van der Waals surface area contributed by atoms with Gasteiger partial charge in [0.05, 0.1) is 12.7 Å². The third-order valence-corrected chi connectivity index (χ3v) is 5.99. The highest BCUT2D eigenvalue weighted by Gasteiger charge is 2.17. The number of piperidine rings is 1. The third kappa shape index (κ3) is 5.44. The quantitative estimate of drug-likeness (QED) is 0.528. The van der Waals surface area contributed by atoms with E-state index < -0.39 is 0 Å². The molecule has 1 aliphatic heterocycles. The van der Waals surface area contributed by atoms with Crippen LogP contribution in [-0.4, -0.2) is 59.8 Å². The van der Waals surface area contributed by atoms with Gasteiger partial charge in [-0.3, -0.25) is 9.78 Å². The minimum absolute atomic E-state index is 0.0788. The average molecular weight is 434 g/mol. The summed E-state index contributed by atoms with van der Waals surface area (Å²) < 4.78 is 5.54. The molecular weight excluding hydrogens is 402 g/mol. The van der Waals surface area contributed by atoms with Gasteiger partial charge >= 0.3 is 0 Å². The lowest BCUT2D eigenvalue weighted by Crippen LogP contribution is -2.37. The molecule has 1 saturated heterocycles. The van der Waals surface area contributed by atoms with Crippen LogP contribution in [0.1, 0.15) is 36.5 Å². The monoisotopic (exact) mass is 433 g/mol. The molecule has 3 aromatic rings. The summed E-state index contributed by atoms with van der Waals surface area (Å²) in [5.74, 6) is 0.757. The Kier molecular flexibility index (Phi) is 7.35. The Hall–Kier alpha value is -2.96. The van der Waals surface area contributed by atoms with Crippen LogP contribution < -0.4 is 10.1 Å². The van der Waals surface area contributed by atoms with Gasteiger partial charge in [0.1, 0.15) is 5.75 Å². The van der Waals surface area contributed by atoms with Gasteiger partial charge in [-0.15, -0.1) is 0 Å². The number of benzene rings is 2. The predicted octanol–water partition coefficient (Wildman–Crippen LogP) is 3.88. The second-order valence-corrected chi connectivity index (χ2v) is 8.26. The molecule has 0 spiro atoms. The Labute approximate surface area is 189 Å². The predicted molar refractivity (Wildman–Crippen MR) is 127 cm³/mol. The number of hydrogen-bond donors (Lipinski definition) is 2. The molecule has 2 heterocycles. The van der Waals surface area contributed by atoms with E-state index in [1.165, 1.54) is 0 Å². The van der Waals surface area contributed by atoms with Gasteiger partial charge in [-0.25, -0.2) is 0 Å². The molecule has 2 N–H and O–H groups in total. The minimum atomic E-state index is -0.157. The highest BCUT2D eigenvalue weighted by molar-refractivity contribution is 6.08. The van der Waals surface area contributed by atoms with Crippen LogP contribution in [0.15, 0.2) is 54.9 Å². The van der Waals surface area contributed by atoms with Crippen LogP contribution in [0.2, 0.25) is 0 Å². The Morgan fingerprint density at radius 2 is 1.94 bits per heavy atom. The maximum atomic E-state index is 13.1. The minimum Gasteiger partial charge on any atom is -0.494 e. The Balaban J connectivity index is 1.46. The number of pyridine rings is 1.